The van der Waals surface area contributed by atoms with E-state index in [4.69, 9.17) is 0 Å². The van der Waals surface area contributed by atoms with E-state index in [9.17, 15) is 19.3 Å². The third-order valence-electron chi connectivity index (χ3n) is 4.38. The van der Waals surface area contributed by atoms with Crippen molar-refractivity contribution in [3.8, 4) is 21.8 Å². The van der Waals surface area contributed by atoms with Crippen LogP contribution in [0, 0.1) is 15.9 Å². The van der Waals surface area contributed by atoms with Crippen LogP contribution in [-0.4, -0.2) is 15.8 Å². The standard InChI is InChI=1S/C22H14FN3O3S/c23-18-10-3-1-8-16(18)22-25-20(13-30-22)17-9-2-4-11-19(17)24-21(27)14-6-5-7-15(12-14)26(28)29/h1-13H,(H,24,27). The SMILES string of the molecule is O=C(Nc1ccccc1-c1csc(-c2ccccc2F)n1)c1cccc([N+](=O)[O-])c1. The van der Waals surface area contributed by atoms with Crippen LogP contribution in [0.1, 0.15) is 10.4 Å². The summed E-state index contributed by atoms with van der Waals surface area (Å²) in [5.41, 5.74) is 2.17. The highest BCUT2D eigenvalue weighted by Crippen LogP contribution is 2.33. The lowest BCUT2D eigenvalue weighted by Gasteiger charge is -2.09. The Labute approximate surface area is 174 Å². The summed E-state index contributed by atoms with van der Waals surface area (Å²) in [7, 11) is 0. The molecule has 0 atom stereocenters. The predicted octanol–water partition coefficient (Wildman–Crippen LogP) is 5.78. The van der Waals surface area contributed by atoms with Crippen LogP contribution >= 0.6 is 11.3 Å². The first-order chi connectivity index (χ1) is 14.5. The van der Waals surface area contributed by atoms with Gasteiger partial charge in [0.15, 0.2) is 0 Å². The lowest BCUT2D eigenvalue weighted by Crippen LogP contribution is -2.12. The average molecular weight is 419 g/mol. The molecule has 0 radical (unpaired) electrons. The quantitative estimate of drug-likeness (QED) is 0.328. The number of rotatable bonds is 5. The van der Waals surface area contributed by atoms with Crippen LogP contribution < -0.4 is 5.32 Å². The number of thiazole rings is 1. The van der Waals surface area contributed by atoms with E-state index in [-0.39, 0.29) is 17.1 Å². The van der Waals surface area contributed by atoms with E-state index < -0.39 is 10.8 Å². The third kappa shape index (κ3) is 3.94. The number of aromatic nitrogens is 1. The zero-order valence-corrected chi connectivity index (χ0v) is 16.2. The maximum Gasteiger partial charge on any atom is 0.270 e. The first-order valence-electron chi connectivity index (χ1n) is 8.88. The summed E-state index contributed by atoms with van der Waals surface area (Å²) >= 11 is 1.30. The second kappa shape index (κ2) is 8.22. The number of non-ortho nitro benzene ring substituents is 1. The molecule has 0 fully saturated rings. The Morgan fingerprint density at radius 3 is 2.50 bits per heavy atom. The van der Waals surface area contributed by atoms with Gasteiger partial charge in [-0.15, -0.1) is 11.3 Å². The van der Waals surface area contributed by atoms with Gasteiger partial charge in [0.1, 0.15) is 10.8 Å². The number of carbonyl (C=O) groups excluding carboxylic acids is 1. The first kappa shape index (κ1) is 19.4. The Morgan fingerprint density at radius 1 is 1.00 bits per heavy atom. The van der Waals surface area contributed by atoms with E-state index in [2.05, 4.69) is 10.3 Å². The van der Waals surface area contributed by atoms with Crippen molar-refractivity contribution in [2.24, 2.45) is 0 Å². The number of nitro benzene ring substituents is 1. The van der Waals surface area contributed by atoms with Crippen molar-refractivity contribution < 1.29 is 14.1 Å². The fourth-order valence-corrected chi connectivity index (χ4v) is 3.77. The summed E-state index contributed by atoms with van der Waals surface area (Å²) in [5, 5.41) is 16.1. The first-order valence-corrected chi connectivity index (χ1v) is 9.76. The number of amides is 1. The van der Waals surface area contributed by atoms with Gasteiger partial charge in [-0.05, 0) is 24.3 Å². The van der Waals surface area contributed by atoms with E-state index >= 15 is 0 Å². The summed E-state index contributed by atoms with van der Waals surface area (Å²) in [4.78, 5) is 27.6. The lowest BCUT2D eigenvalue weighted by atomic mass is 10.1. The fourth-order valence-electron chi connectivity index (χ4n) is 2.93. The van der Waals surface area contributed by atoms with Crippen LogP contribution in [0.3, 0.4) is 0 Å². The Balaban J connectivity index is 1.64. The smallest absolute Gasteiger partial charge is 0.270 e. The van der Waals surface area contributed by atoms with Crippen LogP contribution in [0.5, 0.6) is 0 Å². The number of anilines is 1. The van der Waals surface area contributed by atoms with Crippen molar-refractivity contribution in [1.29, 1.82) is 0 Å². The molecule has 0 spiro atoms. The van der Waals surface area contributed by atoms with Gasteiger partial charge in [0.05, 0.1) is 16.3 Å². The van der Waals surface area contributed by atoms with Crippen molar-refractivity contribution in [2.45, 2.75) is 0 Å². The molecule has 6 nitrogen and oxygen atoms in total. The molecule has 1 heterocycles. The van der Waals surface area contributed by atoms with Gasteiger partial charge in [0, 0.05) is 34.2 Å². The highest BCUT2D eigenvalue weighted by Gasteiger charge is 2.16. The predicted molar refractivity (Wildman–Crippen MR) is 114 cm³/mol. The van der Waals surface area contributed by atoms with E-state index in [0.29, 0.717) is 27.5 Å². The van der Waals surface area contributed by atoms with Gasteiger partial charge < -0.3 is 5.32 Å². The molecule has 0 aliphatic rings. The Bertz CT molecular complexity index is 1260. The van der Waals surface area contributed by atoms with Crippen LogP contribution in [0.4, 0.5) is 15.8 Å². The van der Waals surface area contributed by atoms with Crippen molar-refractivity contribution in [3.05, 3.63) is 99.7 Å². The minimum atomic E-state index is -0.551. The number of nitrogens with one attached hydrogen (secondary N) is 1. The largest absolute Gasteiger partial charge is 0.321 e. The molecule has 0 aliphatic carbocycles. The summed E-state index contributed by atoms with van der Waals surface area (Å²) in [6.07, 6.45) is 0. The van der Waals surface area contributed by atoms with Crippen LogP contribution in [0.2, 0.25) is 0 Å². The Morgan fingerprint density at radius 2 is 1.73 bits per heavy atom. The highest BCUT2D eigenvalue weighted by atomic mass is 32.1. The number of hydrogen-bond acceptors (Lipinski definition) is 5. The molecule has 30 heavy (non-hydrogen) atoms. The van der Waals surface area contributed by atoms with Crippen LogP contribution in [0.15, 0.2) is 78.2 Å². The van der Waals surface area contributed by atoms with Gasteiger partial charge >= 0.3 is 0 Å². The molecule has 0 saturated carbocycles. The van der Waals surface area contributed by atoms with Gasteiger partial charge in [0.2, 0.25) is 0 Å². The minimum Gasteiger partial charge on any atom is -0.321 e. The van der Waals surface area contributed by atoms with Crippen molar-refractivity contribution >= 4 is 28.6 Å². The molecule has 0 saturated heterocycles. The maximum absolute atomic E-state index is 14.1. The molecule has 1 aromatic heterocycles. The maximum atomic E-state index is 14.1. The fraction of sp³-hybridized carbons (Fsp3) is 0. The summed E-state index contributed by atoms with van der Waals surface area (Å²) in [6.45, 7) is 0. The second-order valence-electron chi connectivity index (χ2n) is 6.32. The number of benzene rings is 3. The molecule has 1 amide bonds. The number of hydrogen-bond donors (Lipinski definition) is 1. The molecule has 8 heteroatoms. The van der Waals surface area contributed by atoms with Gasteiger partial charge in [-0.2, -0.15) is 0 Å². The topological polar surface area (TPSA) is 85.1 Å². The van der Waals surface area contributed by atoms with Gasteiger partial charge in [0.25, 0.3) is 11.6 Å². The minimum absolute atomic E-state index is 0.162. The van der Waals surface area contributed by atoms with Gasteiger partial charge in [-0.25, -0.2) is 9.37 Å². The monoisotopic (exact) mass is 419 g/mol. The number of nitro groups is 1. The normalized spacial score (nSPS) is 10.6. The molecular weight excluding hydrogens is 405 g/mol. The molecule has 0 bridgehead atoms. The van der Waals surface area contributed by atoms with Crippen molar-refractivity contribution in [1.82, 2.24) is 4.98 Å². The van der Waals surface area contributed by atoms with E-state index in [1.807, 2.05) is 0 Å². The van der Waals surface area contributed by atoms with E-state index in [1.54, 1.807) is 47.8 Å². The molecule has 4 rings (SSSR count). The van der Waals surface area contributed by atoms with Gasteiger partial charge in [-0.1, -0.05) is 36.4 Å². The lowest BCUT2D eigenvalue weighted by molar-refractivity contribution is -0.384. The molecule has 0 unspecified atom stereocenters. The molecule has 0 aliphatic heterocycles. The zero-order valence-electron chi connectivity index (χ0n) is 15.4. The molecule has 148 valence electrons. The Hall–Kier alpha value is -3.91. The van der Waals surface area contributed by atoms with Gasteiger partial charge in [-0.3, -0.25) is 14.9 Å². The number of nitrogens with zero attached hydrogens (tertiary/aromatic N) is 2. The average Bonchev–Trinajstić information content (AvgIpc) is 3.24. The molecule has 3 aromatic carbocycles. The third-order valence-corrected chi connectivity index (χ3v) is 5.25. The molecule has 4 aromatic rings. The van der Waals surface area contributed by atoms with E-state index in [1.165, 1.54) is 41.7 Å². The summed E-state index contributed by atoms with van der Waals surface area (Å²) in [6, 6.07) is 19.0. The van der Waals surface area contributed by atoms with Crippen molar-refractivity contribution in [3.63, 3.8) is 0 Å². The van der Waals surface area contributed by atoms with E-state index in [0.717, 1.165) is 0 Å². The number of para-hydroxylation sites is 1. The van der Waals surface area contributed by atoms with Crippen molar-refractivity contribution in [2.75, 3.05) is 5.32 Å². The molecule has 1 N–H and O–H groups in total. The van der Waals surface area contributed by atoms with Crippen LogP contribution in [0.25, 0.3) is 21.8 Å². The molecular formula is C22H14FN3O3S. The highest BCUT2D eigenvalue weighted by molar-refractivity contribution is 7.13. The second-order valence-corrected chi connectivity index (χ2v) is 7.18. The Kier molecular flexibility index (Phi) is 5.32. The summed E-state index contributed by atoms with van der Waals surface area (Å²) in [5.74, 6) is -0.832. The number of carbonyl (C=O) groups is 1. The number of halogens is 1. The summed E-state index contributed by atoms with van der Waals surface area (Å²) < 4.78 is 14.1. The zero-order chi connectivity index (χ0) is 21.1. The van der Waals surface area contributed by atoms with Crippen LogP contribution in [-0.2, 0) is 0 Å².